The Balaban J connectivity index is 1.17. The molecular formula is C33H25FN2O6S2. The van der Waals surface area contributed by atoms with Crippen molar-refractivity contribution in [2.45, 2.75) is 13.5 Å². The van der Waals surface area contributed by atoms with Crippen molar-refractivity contribution in [2.75, 3.05) is 23.6 Å². The molecule has 8 nitrogen and oxygen atoms in total. The monoisotopic (exact) mass is 628 g/mol. The molecule has 2 heterocycles. The Hall–Kier alpha value is -4.87. The summed E-state index contributed by atoms with van der Waals surface area (Å²) in [6.07, 6.45) is 1.74. The van der Waals surface area contributed by atoms with Crippen molar-refractivity contribution in [2.24, 2.45) is 0 Å². The van der Waals surface area contributed by atoms with E-state index < -0.39 is 11.7 Å². The van der Waals surface area contributed by atoms with Crippen LogP contribution >= 0.6 is 24.0 Å². The SMILES string of the molecule is CCOc1cc(/C=C2/SC(=S)N(c3cccc(C(=O)Nc4ccc(F)cc4)c3)C2=O)ccc1OCc1ccc2c(c1)OCO2. The fraction of sp³-hybridized carbons (Fsp3) is 0.121. The van der Waals surface area contributed by atoms with Gasteiger partial charge in [-0.3, -0.25) is 14.5 Å². The summed E-state index contributed by atoms with van der Waals surface area (Å²) in [5.41, 5.74) is 2.89. The van der Waals surface area contributed by atoms with E-state index in [9.17, 15) is 14.0 Å². The van der Waals surface area contributed by atoms with Gasteiger partial charge in [0.15, 0.2) is 27.3 Å². The fourth-order valence-corrected chi connectivity index (χ4v) is 5.86. The van der Waals surface area contributed by atoms with E-state index in [0.717, 1.165) is 11.1 Å². The van der Waals surface area contributed by atoms with Crippen molar-refractivity contribution >= 4 is 57.6 Å². The van der Waals surface area contributed by atoms with Crippen LogP contribution in [0, 0.1) is 5.82 Å². The van der Waals surface area contributed by atoms with Gasteiger partial charge in [-0.1, -0.05) is 42.2 Å². The van der Waals surface area contributed by atoms with Crippen molar-refractivity contribution in [1.29, 1.82) is 0 Å². The first kappa shape index (κ1) is 29.2. The summed E-state index contributed by atoms with van der Waals surface area (Å²) in [6.45, 7) is 2.82. The predicted octanol–water partition coefficient (Wildman–Crippen LogP) is 7.19. The molecule has 1 saturated heterocycles. The molecule has 4 aromatic rings. The number of thioether (sulfide) groups is 1. The van der Waals surface area contributed by atoms with Crippen molar-refractivity contribution in [3.8, 4) is 23.0 Å². The summed E-state index contributed by atoms with van der Waals surface area (Å²) in [6, 6.07) is 23.2. The normalized spacial score (nSPS) is 14.7. The molecule has 2 aliphatic rings. The number of hydrogen-bond donors (Lipinski definition) is 1. The van der Waals surface area contributed by atoms with E-state index in [0.29, 0.717) is 62.4 Å². The number of fused-ring (bicyclic) bond motifs is 1. The average molecular weight is 629 g/mol. The van der Waals surface area contributed by atoms with Gasteiger partial charge in [-0.2, -0.15) is 0 Å². The van der Waals surface area contributed by atoms with Crippen LogP contribution in [0.1, 0.15) is 28.4 Å². The van der Waals surface area contributed by atoms with Gasteiger partial charge in [-0.15, -0.1) is 0 Å². The molecule has 44 heavy (non-hydrogen) atoms. The number of amides is 2. The van der Waals surface area contributed by atoms with Crippen molar-refractivity contribution < 1.29 is 32.9 Å². The van der Waals surface area contributed by atoms with Crippen LogP contribution in [0.15, 0.2) is 89.8 Å². The maximum absolute atomic E-state index is 13.5. The molecule has 1 fully saturated rings. The third-order valence-electron chi connectivity index (χ3n) is 6.66. The average Bonchev–Trinajstić information content (AvgIpc) is 3.60. The van der Waals surface area contributed by atoms with Crippen molar-refractivity contribution in [3.05, 3.63) is 112 Å². The number of rotatable bonds is 9. The van der Waals surface area contributed by atoms with Crippen LogP contribution in [0.2, 0.25) is 0 Å². The van der Waals surface area contributed by atoms with E-state index in [2.05, 4.69) is 5.32 Å². The highest BCUT2D eigenvalue weighted by Crippen LogP contribution is 2.38. The van der Waals surface area contributed by atoms with Gasteiger partial charge in [0.05, 0.1) is 17.2 Å². The molecule has 0 radical (unpaired) electrons. The Kier molecular flexibility index (Phi) is 8.49. The maximum atomic E-state index is 13.5. The zero-order valence-electron chi connectivity index (χ0n) is 23.4. The molecule has 11 heteroatoms. The van der Waals surface area contributed by atoms with Gasteiger partial charge in [0.1, 0.15) is 12.4 Å². The molecule has 2 amide bonds. The number of thiocarbonyl (C=S) groups is 1. The van der Waals surface area contributed by atoms with E-state index in [1.165, 1.54) is 40.9 Å². The summed E-state index contributed by atoms with van der Waals surface area (Å²) in [5.74, 6) is 1.38. The van der Waals surface area contributed by atoms with Crippen LogP contribution in [0.4, 0.5) is 15.8 Å². The topological polar surface area (TPSA) is 86.3 Å². The lowest BCUT2D eigenvalue weighted by atomic mass is 10.1. The van der Waals surface area contributed by atoms with Gasteiger partial charge in [0.2, 0.25) is 6.79 Å². The molecule has 6 rings (SSSR count). The molecule has 0 atom stereocenters. The van der Waals surface area contributed by atoms with E-state index in [-0.39, 0.29) is 12.7 Å². The van der Waals surface area contributed by atoms with Crippen LogP contribution in [-0.2, 0) is 11.4 Å². The largest absolute Gasteiger partial charge is 0.490 e. The summed E-state index contributed by atoms with van der Waals surface area (Å²) in [4.78, 5) is 28.1. The third-order valence-corrected chi connectivity index (χ3v) is 7.96. The van der Waals surface area contributed by atoms with Crippen molar-refractivity contribution in [1.82, 2.24) is 0 Å². The van der Waals surface area contributed by atoms with E-state index in [4.69, 9.17) is 31.2 Å². The predicted molar refractivity (Wildman–Crippen MR) is 171 cm³/mol. The number of carbonyl (C=O) groups is 2. The summed E-state index contributed by atoms with van der Waals surface area (Å²) in [5, 5.41) is 2.72. The minimum absolute atomic E-state index is 0.205. The Morgan fingerprint density at radius 3 is 2.64 bits per heavy atom. The standard InChI is InChI=1S/C33H25FN2O6S2/c1-2-39-28-14-20(6-12-26(28)40-18-21-7-13-27-29(15-21)42-19-41-27)16-30-32(38)36(33(43)44-30)25-5-3-4-22(17-25)31(37)35-24-10-8-23(34)9-11-24/h3-17H,2,18-19H2,1H3,(H,35,37)/b30-16+. The number of nitrogens with zero attached hydrogens (tertiary/aromatic N) is 1. The highest BCUT2D eigenvalue weighted by Gasteiger charge is 2.33. The minimum Gasteiger partial charge on any atom is -0.490 e. The second-order valence-corrected chi connectivity index (χ2v) is 11.3. The van der Waals surface area contributed by atoms with E-state index in [1.807, 2.05) is 37.3 Å². The van der Waals surface area contributed by atoms with Crippen LogP contribution in [-0.4, -0.2) is 29.5 Å². The van der Waals surface area contributed by atoms with Crippen LogP contribution in [0.3, 0.4) is 0 Å². The Morgan fingerprint density at radius 1 is 1.00 bits per heavy atom. The van der Waals surface area contributed by atoms with Crippen LogP contribution < -0.4 is 29.2 Å². The molecule has 4 aromatic carbocycles. The molecule has 0 aromatic heterocycles. The molecule has 0 aliphatic carbocycles. The molecule has 0 unspecified atom stereocenters. The van der Waals surface area contributed by atoms with Crippen LogP contribution in [0.25, 0.3) is 6.08 Å². The Morgan fingerprint density at radius 2 is 1.82 bits per heavy atom. The van der Waals surface area contributed by atoms with Gasteiger partial charge >= 0.3 is 0 Å². The Labute approximate surface area is 262 Å². The summed E-state index contributed by atoms with van der Waals surface area (Å²) >= 11 is 6.72. The number of nitrogens with one attached hydrogen (secondary N) is 1. The lowest BCUT2D eigenvalue weighted by molar-refractivity contribution is -0.113. The minimum atomic E-state index is -0.400. The van der Waals surface area contributed by atoms with Gasteiger partial charge in [0.25, 0.3) is 11.8 Å². The highest BCUT2D eigenvalue weighted by molar-refractivity contribution is 8.27. The second kappa shape index (κ2) is 12.8. The first-order valence-corrected chi connectivity index (χ1v) is 14.8. The lowest BCUT2D eigenvalue weighted by Crippen LogP contribution is -2.27. The van der Waals surface area contributed by atoms with Crippen molar-refractivity contribution in [3.63, 3.8) is 0 Å². The molecule has 222 valence electrons. The summed E-state index contributed by atoms with van der Waals surface area (Å²) in [7, 11) is 0. The fourth-order valence-electron chi connectivity index (χ4n) is 4.56. The van der Waals surface area contributed by atoms with Gasteiger partial charge in [-0.25, -0.2) is 4.39 Å². The first-order chi connectivity index (χ1) is 21.4. The smallest absolute Gasteiger partial charge is 0.270 e. The lowest BCUT2D eigenvalue weighted by Gasteiger charge is -2.15. The number of benzene rings is 4. The number of carbonyl (C=O) groups excluding carboxylic acids is 2. The number of anilines is 2. The number of ether oxygens (including phenoxy) is 4. The first-order valence-electron chi connectivity index (χ1n) is 13.6. The Bertz CT molecular complexity index is 1790. The van der Waals surface area contributed by atoms with Gasteiger partial charge in [0, 0.05) is 11.3 Å². The molecule has 0 saturated carbocycles. The molecule has 0 spiro atoms. The van der Waals surface area contributed by atoms with E-state index >= 15 is 0 Å². The molecule has 0 bridgehead atoms. The molecule has 1 N–H and O–H groups in total. The highest BCUT2D eigenvalue weighted by atomic mass is 32.2. The second-order valence-electron chi connectivity index (χ2n) is 9.64. The quantitative estimate of drug-likeness (QED) is 0.154. The number of halogens is 1. The third kappa shape index (κ3) is 6.38. The zero-order chi connectivity index (χ0) is 30.6. The van der Waals surface area contributed by atoms with Crippen LogP contribution in [0.5, 0.6) is 23.0 Å². The summed E-state index contributed by atoms with van der Waals surface area (Å²) < 4.78 is 36.3. The van der Waals surface area contributed by atoms with E-state index in [1.54, 1.807) is 36.4 Å². The molecular weight excluding hydrogens is 604 g/mol. The van der Waals surface area contributed by atoms with Gasteiger partial charge in [-0.05, 0) is 90.9 Å². The number of hydrogen-bond acceptors (Lipinski definition) is 8. The molecule has 2 aliphatic heterocycles. The maximum Gasteiger partial charge on any atom is 0.270 e. The zero-order valence-corrected chi connectivity index (χ0v) is 25.0. The van der Waals surface area contributed by atoms with Gasteiger partial charge < -0.3 is 24.3 Å².